The zero-order valence-electron chi connectivity index (χ0n) is 12.4. The van der Waals surface area contributed by atoms with E-state index in [1.807, 2.05) is 54.6 Å². The van der Waals surface area contributed by atoms with Crippen molar-refractivity contribution in [2.24, 2.45) is 0 Å². The standard InChI is InChI=1S/C18H20O4/c1-2-7-15(8-3-1)19-13-14-20-17-10-5-4-9-16(17)18-21-11-6-12-22-18/h1-5,7-10,18H,6,11-14H2. The van der Waals surface area contributed by atoms with E-state index in [-0.39, 0.29) is 6.29 Å². The normalized spacial score (nSPS) is 15.5. The van der Waals surface area contributed by atoms with Crippen molar-refractivity contribution in [2.45, 2.75) is 12.7 Å². The molecule has 2 aromatic carbocycles. The van der Waals surface area contributed by atoms with Gasteiger partial charge in [-0.3, -0.25) is 0 Å². The maximum atomic E-state index is 5.83. The third kappa shape index (κ3) is 4.00. The van der Waals surface area contributed by atoms with Gasteiger partial charge in [0.15, 0.2) is 6.29 Å². The fourth-order valence-corrected chi connectivity index (χ4v) is 2.30. The molecule has 0 spiro atoms. The molecular weight excluding hydrogens is 280 g/mol. The fraction of sp³-hybridized carbons (Fsp3) is 0.333. The average Bonchev–Trinajstić information content (AvgIpc) is 2.61. The molecule has 0 aromatic heterocycles. The van der Waals surface area contributed by atoms with Crippen LogP contribution in [0.3, 0.4) is 0 Å². The number of benzene rings is 2. The first-order valence-electron chi connectivity index (χ1n) is 7.56. The minimum Gasteiger partial charge on any atom is -0.490 e. The highest BCUT2D eigenvalue weighted by atomic mass is 16.7. The quantitative estimate of drug-likeness (QED) is 0.764. The first-order chi connectivity index (χ1) is 10.9. The van der Waals surface area contributed by atoms with E-state index in [1.54, 1.807) is 0 Å². The Hall–Kier alpha value is -2.04. The number of ether oxygens (including phenoxy) is 4. The molecule has 22 heavy (non-hydrogen) atoms. The van der Waals surface area contributed by atoms with Crippen LogP contribution in [0.2, 0.25) is 0 Å². The molecule has 1 heterocycles. The Bertz CT molecular complexity index is 564. The first-order valence-corrected chi connectivity index (χ1v) is 7.56. The van der Waals surface area contributed by atoms with Gasteiger partial charge in [0, 0.05) is 5.56 Å². The summed E-state index contributed by atoms with van der Waals surface area (Å²) in [6.45, 7) is 2.40. The van der Waals surface area contributed by atoms with Crippen LogP contribution in [0.1, 0.15) is 18.3 Å². The van der Waals surface area contributed by atoms with Crippen LogP contribution < -0.4 is 9.47 Å². The number of para-hydroxylation sites is 2. The molecule has 2 aromatic rings. The second kappa shape index (κ2) is 7.82. The number of hydrogen-bond acceptors (Lipinski definition) is 4. The van der Waals surface area contributed by atoms with E-state index in [0.717, 1.165) is 36.7 Å². The van der Waals surface area contributed by atoms with Gasteiger partial charge in [0.05, 0.1) is 13.2 Å². The summed E-state index contributed by atoms with van der Waals surface area (Å²) in [5.74, 6) is 1.63. The van der Waals surface area contributed by atoms with E-state index < -0.39 is 0 Å². The van der Waals surface area contributed by atoms with Crippen LogP contribution in [0.15, 0.2) is 54.6 Å². The summed E-state index contributed by atoms with van der Waals surface area (Å²) < 4.78 is 22.7. The molecule has 0 N–H and O–H groups in total. The second-order valence-corrected chi connectivity index (χ2v) is 4.97. The summed E-state index contributed by atoms with van der Waals surface area (Å²) >= 11 is 0. The molecule has 1 aliphatic rings. The van der Waals surface area contributed by atoms with Gasteiger partial charge in [-0.2, -0.15) is 0 Å². The highest BCUT2D eigenvalue weighted by molar-refractivity contribution is 5.34. The van der Waals surface area contributed by atoms with Crippen molar-refractivity contribution in [3.63, 3.8) is 0 Å². The Labute approximate surface area is 130 Å². The Kier molecular flexibility index (Phi) is 5.29. The van der Waals surface area contributed by atoms with Crippen molar-refractivity contribution in [3.05, 3.63) is 60.2 Å². The van der Waals surface area contributed by atoms with Gasteiger partial charge in [-0.05, 0) is 24.6 Å². The zero-order chi connectivity index (χ0) is 15.0. The van der Waals surface area contributed by atoms with E-state index >= 15 is 0 Å². The van der Waals surface area contributed by atoms with Crippen molar-refractivity contribution < 1.29 is 18.9 Å². The van der Waals surface area contributed by atoms with Crippen molar-refractivity contribution in [1.82, 2.24) is 0 Å². The predicted molar refractivity (Wildman–Crippen MR) is 83.1 cm³/mol. The van der Waals surface area contributed by atoms with Crippen molar-refractivity contribution >= 4 is 0 Å². The van der Waals surface area contributed by atoms with Gasteiger partial charge in [-0.25, -0.2) is 0 Å². The monoisotopic (exact) mass is 300 g/mol. The molecule has 0 aliphatic carbocycles. The highest BCUT2D eigenvalue weighted by Gasteiger charge is 2.20. The smallest absolute Gasteiger partial charge is 0.187 e. The minimum absolute atomic E-state index is 0.333. The van der Waals surface area contributed by atoms with Crippen molar-refractivity contribution in [1.29, 1.82) is 0 Å². The lowest BCUT2D eigenvalue weighted by Gasteiger charge is -2.25. The Morgan fingerprint density at radius 3 is 2.32 bits per heavy atom. The molecule has 1 saturated heterocycles. The maximum absolute atomic E-state index is 5.83. The molecule has 0 saturated carbocycles. The molecule has 3 rings (SSSR count). The molecule has 1 aliphatic heterocycles. The van der Waals surface area contributed by atoms with E-state index in [4.69, 9.17) is 18.9 Å². The molecule has 1 fully saturated rings. The van der Waals surface area contributed by atoms with Crippen molar-refractivity contribution in [3.8, 4) is 11.5 Å². The van der Waals surface area contributed by atoms with Crippen LogP contribution in [-0.4, -0.2) is 26.4 Å². The molecule has 116 valence electrons. The molecule has 0 amide bonds. The zero-order valence-corrected chi connectivity index (χ0v) is 12.4. The maximum Gasteiger partial charge on any atom is 0.187 e. The van der Waals surface area contributed by atoms with Gasteiger partial charge in [0.2, 0.25) is 0 Å². The lowest BCUT2D eigenvalue weighted by molar-refractivity contribution is -0.183. The molecule has 4 heteroatoms. The van der Waals surface area contributed by atoms with Gasteiger partial charge in [-0.15, -0.1) is 0 Å². The van der Waals surface area contributed by atoms with Gasteiger partial charge in [-0.1, -0.05) is 36.4 Å². The predicted octanol–water partition coefficient (Wildman–Crippen LogP) is 3.58. The number of rotatable bonds is 6. The highest BCUT2D eigenvalue weighted by Crippen LogP contribution is 2.30. The topological polar surface area (TPSA) is 36.9 Å². The molecule has 0 unspecified atom stereocenters. The molecular formula is C18H20O4. The summed E-state index contributed by atoms with van der Waals surface area (Å²) in [6, 6.07) is 17.5. The van der Waals surface area contributed by atoms with Gasteiger partial charge >= 0.3 is 0 Å². The van der Waals surface area contributed by atoms with E-state index in [1.165, 1.54) is 0 Å². The Morgan fingerprint density at radius 1 is 0.818 bits per heavy atom. The lowest BCUT2D eigenvalue weighted by Crippen LogP contribution is -2.19. The second-order valence-electron chi connectivity index (χ2n) is 4.97. The van der Waals surface area contributed by atoms with Crippen LogP contribution in [0, 0.1) is 0 Å². The average molecular weight is 300 g/mol. The van der Waals surface area contributed by atoms with E-state index in [0.29, 0.717) is 13.2 Å². The van der Waals surface area contributed by atoms with Crippen LogP contribution in [0.4, 0.5) is 0 Å². The molecule has 0 radical (unpaired) electrons. The third-order valence-corrected chi connectivity index (χ3v) is 3.35. The summed E-state index contributed by atoms with van der Waals surface area (Å²) in [6.07, 6.45) is 0.602. The first kappa shape index (κ1) is 14.9. The van der Waals surface area contributed by atoms with Crippen LogP contribution in [0.5, 0.6) is 11.5 Å². The Balaban J connectivity index is 1.53. The number of hydrogen-bond donors (Lipinski definition) is 0. The minimum atomic E-state index is -0.333. The SMILES string of the molecule is c1ccc(OCCOc2ccccc2C2OCCCO2)cc1. The van der Waals surface area contributed by atoms with Gasteiger partial charge in [0.1, 0.15) is 24.7 Å². The molecule has 0 atom stereocenters. The molecule has 0 bridgehead atoms. The summed E-state index contributed by atoms with van der Waals surface area (Å²) in [5.41, 5.74) is 0.932. The van der Waals surface area contributed by atoms with Crippen LogP contribution >= 0.6 is 0 Å². The van der Waals surface area contributed by atoms with Crippen molar-refractivity contribution in [2.75, 3.05) is 26.4 Å². The summed E-state index contributed by atoms with van der Waals surface area (Å²) in [7, 11) is 0. The third-order valence-electron chi connectivity index (χ3n) is 3.35. The van der Waals surface area contributed by atoms with E-state index in [2.05, 4.69) is 0 Å². The van der Waals surface area contributed by atoms with Crippen LogP contribution in [0.25, 0.3) is 0 Å². The van der Waals surface area contributed by atoms with Crippen LogP contribution in [-0.2, 0) is 9.47 Å². The lowest BCUT2D eigenvalue weighted by atomic mass is 10.2. The largest absolute Gasteiger partial charge is 0.490 e. The van der Waals surface area contributed by atoms with Gasteiger partial charge < -0.3 is 18.9 Å². The van der Waals surface area contributed by atoms with E-state index in [9.17, 15) is 0 Å². The Morgan fingerprint density at radius 2 is 1.50 bits per heavy atom. The summed E-state index contributed by atoms with van der Waals surface area (Å²) in [4.78, 5) is 0. The van der Waals surface area contributed by atoms with Gasteiger partial charge in [0.25, 0.3) is 0 Å². The summed E-state index contributed by atoms with van der Waals surface area (Å²) in [5, 5.41) is 0. The molecule has 4 nitrogen and oxygen atoms in total. The fourth-order valence-electron chi connectivity index (χ4n) is 2.30.